The van der Waals surface area contributed by atoms with Gasteiger partial charge < -0.3 is 4.74 Å². The highest BCUT2D eigenvalue weighted by atomic mass is 19.3. The summed E-state index contributed by atoms with van der Waals surface area (Å²) in [6.45, 7) is -0.791. The van der Waals surface area contributed by atoms with Crippen molar-refractivity contribution in [3.05, 3.63) is 35.4 Å². The van der Waals surface area contributed by atoms with Crippen molar-refractivity contribution >= 4 is 12.2 Å². The van der Waals surface area contributed by atoms with Crippen LogP contribution in [-0.4, -0.2) is 42.8 Å². The van der Waals surface area contributed by atoms with Gasteiger partial charge in [-0.2, -0.15) is 5.10 Å². The minimum Gasteiger partial charge on any atom is -0.467 e. The third-order valence-corrected chi connectivity index (χ3v) is 3.04. The zero-order chi connectivity index (χ0) is 15.6. The molecule has 1 saturated heterocycles. The topological polar surface area (TPSA) is 41.9 Å². The third-order valence-electron chi connectivity index (χ3n) is 3.04. The van der Waals surface area contributed by atoms with Gasteiger partial charge in [-0.15, -0.1) is 0 Å². The number of nitrogens with zero attached hydrogens (tertiary/aromatic N) is 2. The van der Waals surface area contributed by atoms with Crippen LogP contribution in [0, 0.1) is 11.6 Å². The highest BCUT2D eigenvalue weighted by Gasteiger charge is 2.48. The lowest BCUT2D eigenvalue weighted by Crippen LogP contribution is -2.33. The van der Waals surface area contributed by atoms with Crippen LogP contribution in [0.25, 0.3) is 0 Å². The molecule has 0 saturated carbocycles. The molecular weight excluding hydrogens is 292 g/mol. The van der Waals surface area contributed by atoms with Gasteiger partial charge in [0.15, 0.2) is 17.7 Å². The van der Waals surface area contributed by atoms with Gasteiger partial charge in [0.25, 0.3) is 5.92 Å². The molecule has 0 spiro atoms. The normalized spacial score (nSPS) is 21.0. The Labute approximate surface area is 118 Å². The van der Waals surface area contributed by atoms with E-state index in [4.69, 9.17) is 0 Å². The number of ether oxygens (including phenoxy) is 1. The zero-order valence-corrected chi connectivity index (χ0v) is 11.0. The molecule has 0 radical (unpaired) electrons. The van der Waals surface area contributed by atoms with Gasteiger partial charge in [-0.1, -0.05) is 12.1 Å². The van der Waals surface area contributed by atoms with E-state index in [0.29, 0.717) is 0 Å². The highest BCUT2D eigenvalue weighted by Crippen LogP contribution is 2.32. The van der Waals surface area contributed by atoms with Gasteiger partial charge in [0, 0.05) is 12.0 Å². The number of carbonyl (C=O) groups excluding carboxylic acids is 1. The molecule has 4 nitrogen and oxygen atoms in total. The zero-order valence-electron chi connectivity index (χ0n) is 11.0. The SMILES string of the molecule is COC(=O)C1CC(F)(F)CN1N=Cc1cccc(F)c1F. The van der Waals surface area contributed by atoms with Crippen molar-refractivity contribution in [1.82, 2.24) is 5.01 Å². The number of alkyl halides is 2. The number of benzene rings is 1. The Kier molecular flexibility index (Phi) is 4.15. The van der Waals surface area contributed by atoms with Gasteiger partial charge in [-0.3, -0.25) is 5.01 Å². The fourth-order valence-electron chi connectivity index (χ4n) is 2.02. The van der Waals surface area contributed by atoms with Gasteiger partial charge in [-0.25, -0.2) is 22.4 Å². The second kappa shape index (κ2) is 5.71. The van der Waals surface area contributed by atoms with Crippen molar-refractivity contribution in [3.63, 3.8) is 0 Å². The molecule has 1 unspecified atom stereocenters. The van der Waals surface area contributed by atoms with E-state index >= 15 is 0 Å². The van der Waals surface area contributed by atoms with E-state index < -0.39 is 42.5 Å². The summed E-state index contributed by atoms with van der Waals surface area (Å²) in [5, 5.41) is 4.48. The molecule has 2 rings (SSSR count). The van der Waals surface area contributed by atoms with Crippen molar-refractivity contribution in [2.75, 3.05) is 13.7 Å². The molecule has 1 atom stereocenters. The molecule has 0 aromatic heterocycles. The van der Waals surface area contributed by atoms with Crippen molar-refractivity contribution in [2.45, 2.75) is 18.4 Å². The van der Waals surface area contributed by atoms with Gasteiger partial charge in [0.2, 0.25) is 0 Å². The third kappa shape index (κ3) is 3.32. The number of hydrogen-bond donors (Lipinski definition) is 0. The minimum absolute atomic E-state index is 0.200. The van der Waals surface area contributed by atoms with Gasteiger partial charge in [-0.05, 0) is 6.07 Å². The Hall–Kier alpha value is -2.12. The van der Waals surface area contributed by atoms with Crippen LogP contribution < -0.4 is 0 Å². The number of carbonyl (C=O) groups is 1. The Bertz CT molecular complexity index is 577. The first-order valence-electron chi connectivity index (χ1n) is 6.04. The van der Waals surface area contributed by atoms with Crippen LogP contribution in [0.5, 0.6) is 0 Å². The summed E-state index contributed by atoms with van der Waals surface area (Å²) in [5.41, 5.74) is -0.200. The molecule has 0 N–H and O–H groups in total. The van der Waals surface area contributed by atoms with Crippen LogP contribution in [-0.2, 0) is 9.53 Å². The maximum Gasteiger partial charge on any atom is 0.330 e. The van der Waals surface area contributed by atoms with E-state index in [1.165, 1.54) is 12.1 Å². The summed E-state index contributed by atoms with van der Waals surface area (Å²) < 4.78 is 57.6. The number of hydrazone groups is 1. The molecule has 1 aromatic carbocycles. The van der Waals surface area contributed by atoms with E-state index in [1.807, 2.05) is 0 Å². The molecule has 1 aliphatic heterocycles. The average Bonchev–Trinajstić information content (AvgIpc) is 2.75. The van der Waals surface area contributed by atoms with E-state index in [9.17, 15) is 22.4 Å². The van der Waals surface area contributed by atoms with Crippen LogP contribution in [0.2, 0.25) is 0 Å². The molecule has 0 bridgehead atoms. The molecule has 0 amide bonds. The molecule has 1 aliphatic rings. The quantitative estimate of drug-likeness (QED) is 0.488. The lowest BCUT2D eigenvalue weighted by Gasteiger charge is -2.17. The predicted octanol–water partition coefficient (Wildman–Crippen LogP) is 2.18. The van der Waals surface area contributed by atoms with Crippen molar-refractivity contribution in [1.29, 1.82) is 0 Å². The van der Waals surface area contributed by atoms with Crippen LogP contribution in [0.3, 0.4) is 0 Å². The van der Waals surface area contributed by atoms with Crippen LogP contribution >= 0.6 is 0 Å². The summed E-state index contributed by atoms with van der Waals surface area (Å²) in [6, 6.07) is 2.17. The van der Waals surface area contributed by atoms with Gasteiger partial charge >= 0.3 is 5.97 Å². The molecule has 1 aromatic rings. The molecule has 0 aliphatic carbocycles. The number of halogens is 4. The maximum absolute atomic E-state index is 13.4. The fraction of sp³-hybridized carbons (Fsp3) is 0.385. The molecule has 114 valence electrons. The second-order valence-electron chi connectivity index (χ2n) is 4.58. The average molecular weight is 304 g/mol. The first-order chi connectivity index (χ1) is 9.84. The number of esters is 1. The van der Waals surface area contributed by atoms with Crippen LogP contribution in [0.15, 0.2) is 23.3 Å². The van der Waals surface area contributed by atoms with Gasteiger partial charge in [0.05, 0.1) is 13.3 Å². The Balaban J connectivity index is 2.22. The lowest BCUT2D eigenvalue weighted by molar-refractivity contribution is -0.146. The fourth-order valence-corrected chi connectivity index (χ4v) is 2.02. The first kappa shape index (κ1) is 15.3. The maximum atomic E-state index is 13.4. The predicted molar refractivity (Wildman–Crippen MR) is 66.0 cm³/mol. The molecule has 21 heavy (non-hydrogen) atoms. The summed E-state index contributed by atoms with van der Waals surface area (Å²) in [7, 11) is 1.08. The standard InChI is InChI=1S/C13H12F4N2O2/c1-21-12(20)10-5-13(16,17)7-19(10)18-6-8-3-2-4-9(14)11(8)15/h2-4,6,10H,5,7H2,1H3. The lowest BCUT2D eigenvalue weighted by atomic mass is 10.2. The number of methoxy groups -OCH3 is 1. The summed E-state index contributed by atoms with van der Waals surface area (Å²) >= 11 is 0. The summed E-state index contributed by atoms with van der Waals surface area (Å²) in [6.07, 6.45) is 0.165. The summed E-state index contributed by atoms with van der Waals surface area (Å²) in [4.78, 5) is 11.4. The smallest absolute Gasteiger partial charge is 0.330 e. The highest BCUT2D eigenvalue weighted by molar-refractivity contribution is 5.80. The number of rotatable bonds is 3. The Morgan fingerprint density at radius 2 is 2.19 bits per heavy atom. The summed E-state index contributed by atoms with van der Waals surface area (Å²) in [5.74, 6) is -6.17. The van der Waals surface area contributed by atoms with E-state index in [2.05, 4.69) is 9.84 Å². The number of hydrogen-bond acceptors (Lipinski definition) is 4. The van der Waals surface area contributed by atoms with E-state index in [0.717, 1.165) is 24.4 Å². The monoisotopic (exact) mass is 304 g/mol. The largest absolute Gasteiger partial charge is 0.467 e. The van der Waals surface area contributed by atoms with Gasteiger partial charge in [0.1, 0.15) is 6.54 Å². The van der Waals surface area contributed by atoms with Crippen LogP contribution in [0.1, 0.15) is 12.0 Å². The van der Waals surface area contributed by atoms with Crippen molar-refractivity contribution < 1.29 is 27.1 Å². The van der Waals surface area contributed by atoms with Crippen molar-refractivity contribution in [3.8, 4) is 0 Å². The Morgan fingerprint density at radius 3 is 2.86 bits per heavy atom. The second-order valence-corrected chi connectivity index (χ2v) is 4.58. The molecule has 1 fully saturated rings. The molecule has 8 heteroatoms. The van der Waals surface area contributed by atoms with Crippen LogP contribution in [0.4, 0.5) is 17.6 Å². The Morgan fingerprint density at radius 1 is 1.48 bits per heavy atom. The van der Waals surface area contributed by atoms with Crippen molar-refractivity contribution in [2.24, 2.45) is 5.10 Å². The first-order valence-corrected chi connectivity index (χ1v) is 6.04. The van der Waals surface area contributed by atoms with E-state index in [-0.39, 0.29) is 5.56 Å². The minimum atomic E-state index is -3.10. The molecule has 1 heterocycles. The van der Waals surface area contributed by atoms with E-state index in [1.54, 1.807) is 0 Å². The molecular formula is C13H12F4N2O2.